The summed E-state index contributed by atoms with van der Waals surface area (Å²) in [6.07, 6.45) is 9.31. The van der Waals surface area contributed by atoms with Crippen LogP contribution in [-0.4, -0.2) is 42.4 Å². The monoisotopic (exact) mass is 349 g/mol. The van der Waals surface area contributed by atoms with E-state index in [0.717, 1.165) is 45.2 Å². The van der Waals surface area contributed by atoms with Crippen LogP contribution in [0.3, 0.4) is 0 Å². The number of likely N-dealkylation sites (tertiary alicyclic amines) is 1. The van der Waals surface area contributed by atoms with Crippen LogP contribution in [0.4, 0.5) is 0 Å². The smallest absolute Gasteiger partial charge is 0.225 e. The fraction of sp³-hybridized carbons (Fsp3) is 0.900. The lowest BCUT2D eigenvalue weighted by Gasteiger charge is -2.45. The lowest BCUT2D eigenvalue weighted by atomic mass is 9.65. The Hall–Kier alpha value is -1.10. The van der Waals surface area contributed by atoms with E-state index in [-0.39, 0.29) is 11.8 Å². The second-order valence-corrected chi connectivity index (χ2v) is 8.54. The van der Waals surface area contributed by atoms with Crippen molar-refractivity contribution in [3.63, 3.8) is 0 Å². The fourth-order valence-electron chi connectivity index (χ4n) is 5.25. The molecule has 5 nitrogen and oxygen atoms in total. The molecule has 5 heteroatoms. The normalized spacial score (nSPS) is 35.3. The van der Waals surface area contributed by atoms with Crippen molar-refractivity contribution in [1.82, 2.24) is 10.2 Å². The summed E-state index contributed by atoms with van der Waals surface area (Å²) in [6, 6.07) is 0.320. The Morgan fingerprint density at radius 2 is 1.84 bits per heavy atom. The summed E-state index contributed by atoms with van der Waals surface area (Å²) >= 11 is 0. The number of nitrogens with zero attached hydrogens (tertiary/aromatic N) is 1. The van der Waals surface area contributed by atoms with Gasteiger partial charge in [0.15, 0.2) is 0 Å². The molecule has 3 aliphatic rings. The average molecular weight is 350 g/mol. The zero-order valence-electron chi connectivity index (χ0n) is 15.7. The Bertz CT molecular complexity index is 468. The van der Waals surface area contributed by atoms with Crippen molar-refractivity contribution in [1.29, 1.82) is 0 Å². The first-order valence-corrected chi connectivity index (χ1v) is 10.4. The number of carbonyl (C=O) groups is 2. The van der Waals surface area contributed by atoms with Gasteiger partial charge in [0, 0.05) is 38.0 Å². The first-order chi connectivity index (χ1) is 12.1. The van der Waals surface area contributed by atoms with Gasteiger partial charge in [0.25, 0.3) is 0 Å². The van der Waals surface area contributed by atoms with Crippen molar-refractivity contribution in [2.75, 3.05) is 19.6 Å². The number of hydrogen-bond acceptors (Lipinski definition) is 3. The van der Waals surface area contributed by atoms with Gasteiger partial charge in [0.1, 0.15) is 0 Å². The van der Waals surface area contributed by atoms with Crippen molar-refractivity contribution < 1.29 is 9.59 Å². The SMILES string of the molecule is CCCC(=O)NCC1CCCN(C(=O)C2CC3CCCC(C2)C3N)C1. The molecule has 0 aromatic carbocycles. The van der Waals surface area contributed by atoms with E-state index in [4.69, 9.17) is 5.73 Å². The number of hydrogen-bond donors (Lipinski definition) is 2. The summed E-state index contributed by atoms with van der Waals surface area (Å²) < 4.78 is 0. The van der Waals surface area contributed by atoms with E-state index >= 15 is 0 Å². The molecule has 2 saturated carbocycles. The van der Waals surface area contributed by atoms with E-state index in [1.807, 2.05) is 6.92 Å². The van der Waals surface area contributed by atoms with Gasteiger partial charge in [0.2, 0.25) is 11.8 Å². The van der Waals surface area contributed by atoms with E-state index in [0.29, 0.717) is 42.7 Å². The highest BCUT2D eigenvalue weighted by molar-refractivity contribution is 5.79. The summed E-state index contributed by atoms with van der Waals surface area (Å²) in [5.74, 6) is 2.19. The standard InChI is InChI=1S/C20H35N3O2/c1-2-5-18(24)22-12-14-6-4-9-23(13-14)20(25)17-10-15-7-3-8-16(11-17)19(15)21/h14-17,19H,2-13,21H2,1H3,(H,22,24). The molecule has 1 heterocycles. The number of fused-ring (bicyclic) bond motifs is 2. The van der Waals surface area contributed by atoms with Crippen molar-refractivity contribution in [2.45, 2.75) is 70.8 Å². The van der Waals surface area contributed by atoms with Gasteiger partial charge < -0.3 is 16.0 Å². The summed E-state index contributed by atoms with van der Waals surface area (Å²) in [4.78, 5) is 26.8. The molecule has 3 rings (SSSR count). The molecule has 2 bridgehead atoms. The van der Waals surface area contributed by atoms with Crippen LogP contribution in [0, 0.1) is 23.7 Å². The van der Waals surface area contributed by atoms with Crippen LogP contribution in [0.25, 0.3) is 0 Å². The molecule has 25 heavy (non-hydrogen) atoms. The molecule has 3 unspecified atom stereocenters. The third-order valence-corrected chi connectivity index (χ3v) is 6.66. The van der Waals surface area contributed by atoms with Gasteiger partial charge in [-0.15, -0.1) is 0 Å². The van der Waals surface area contributed by atoms with Crippen LogP contribution in [0.15, 0.2) is 0 Å². The molecule has 0 spiro atoms. The van der Waals surface area contributed by atoms with E-state index in [1.165, 1.54) is 19.3 Å². The Kier molecular flexibility index (Phi) is 6.37. The number of carbonyl (C=O) groups excluding carboxylic acids is 2. The average Bonchev–Trinajstić information content (AvgIpc) is 2.60. The van der Waals surface area contributed by atoms with Crippen molar-refractivity contribution >= 4 is 11.8 Å². The van der Waals surface area contributed by atoms with Gasteiger partial charge >= 0.3 is 0 Å². The van der Waals surface area contributed by atoms with Crippen LogP contribution < -0.4 is 11.1 Å². The molecule has 142 valence electrons. The van der Waals surface area contributed by atoms with Crippen molar-refractivity contribution in [2.24, 2.45) is 29.4 Å². The minimum absolute atomic E-state index is 0.139. The number of rotatable bonds is 5. The Labute approximate surface area is 152 Å². The molecule has 1 saturated heterocycles. The van der Waals surface area contributed by atoms with Crippen molar-refractivity contribution in [3.05, 3.63) is 0 Å². The van der Waals surface area contributed by atoms with Crippen LogP contribution >= 0.6 is 0 Å². The lowest BCUT2D eigenvalue weighted by Crippen LogP contribution is -2.51. The summed E-state index contributed by atoms with van der Waals surface area (Å²) in [5, 5.41) is 3.04. The predicted octanol–water partition coefficient (Wildman–Crippen LogP) is 2.29. The van der Waals surface area contributed by atoms with Gasteiger partial charge in [0.05, 0.1) is 0 Å². The summed E-state index contributed by atoms with van der Waals surface area (Å²) in [7, 11) is 0. The van der Waals surface area contributed by atoms with Gasteiger partial charge in [-0.2, -0.15) is 0 Å². The van der Waals surface area contributed by atoms with Crippen LogP contribution in [0.5, 0.6) is 0 Å². The maximum Gasteiger partial charge on any atom is 0.225 e. The van der Waals surface area contributed by atoms with Crippen LogP contribution in [0.1, 0.15) is 64.7 Å². The molecular weight excluding hydrogens is 314 g/mol. The number of piperidine rings is 1. The van der Waals surface area contributed by atoms with E-state index in [2.05, 4.69) is 10.2 Å². The maximum atomic E-state index is 13.1. The molecule has 2 aliphatic carbocycles. The quantitative estimate of drug-likeness (QED) is 0.800. The van der Waals surface area contributed by atoms with E-state index < -0.39 is 0 Å². The zero-order chi connectivity index (χ0) is 17.8. The molecule has 3 fully saturated rings. The van der Waals surface area contributed by atoms with Crippen LogP contribution in [-0.2, 0) is 9.59 Å². The predicted molar refractivity (Wildman–Crippen MR) is 98.8 cm³/mol. The minimum atomic E-state index is 0.139. The number of nitrogens with one attached hydrogen (secondary N) is 1. The molecular formula is C20H35N3O2. The lowest BCUT2D eigenvalue weighted by molar-refractivity contribution is -0.140. The first-order valence-electron chi connectivity index (χ1n) is 10.4. The molecule has 0 radical (unpaired) electrons. The fourth-order valence-corrected chi connectivity index (χ4v) is 5.25. The van der Waals surface area contributed by atoms with E-state index in [9.17, 15) is 9.59 Å². The molecule has 2 amide bonds. The maximum absolute atomic E-state index is 13.1. The minimum Gasteiger partial charge on any atom is -0.356 e. The Morgan fingerprint density at radius 3 is 2.52 bits per heavy atom. The van der Waals surface area contributed by atoms with Crippen LogP contribution in [0.2, 0.25) is 0 Å². The Morgan fingerprint density at radius 1 is 1.12 bits per heavy atom. The zero-order valence-corrected chi connectivity index (χ0v) is 15.7. The molecule has 0 aromatic rings. The summed E-state index contributed by atoms with van der Waals surface area (Å²) in [6.45, 7) is 4.43. The van der Waals surface area contributed by atoms with Gasteiger partial charge in [-0.1, -0.05) is 13.3 Å². The second kappa shape index (κ2) is 8.52. The largest absolute Gasteiger partial charge is 0.356 e. The van der Waals surface area contributed by atoms with Crippen molar-refractivity contribution in [3.8, 4) is 0 Å². The third-order valence-electron chi connectivity index (χ3n) is 6.66. The van der Waals surface area contributed by atoms with Gasteiger partial charge in [-0.25, -0.2) is 0 Å². The topological polar surface area (TPSA) is 75.4 Å². The molecule has 0 aromatic heterocycles. The highest BCUT2D eigenvalue weighted by atomic mass is 16.2. The number of nitrogens with two attached hydrogens (primary N) is 1. The first kappa shape index (κ1) is 18.7. The molecule has 1 aliphatic heterocycles. The van der Waals surface area contributed by atoms with E-state index in [1.54, 1.807) is 0 Å². The highest BCUT2D eigenvalue weighted by Crippen LogP contribution is 2.42. The third kappa shape index (κ3) is 4.55. The highest BCUT2D eigenvalue weighted by Gasteiger charge is 2.42. The number of amides is 2. The van der Waals surface area contributed by atoms with Gasteiger partial charge in [-0.05, 0) is 62.7 Å². The molecule has 3 atom stereocenters. The second-order valence-electron chi connectivity index (χ2n) is 8.54. The summed E-state index contributed by atoms with van der Waals surface area (Å²) in [5.41, 5.74) is 6.37. The Balaban J connectivity index is 1.51. The molecule has 3 N–H and O–H groups in total. The van der Waals surface area contributed by atoms with Gasteiger partial charge in [-0.3, -0.25) is 9.59 Å².